The van der Waals surface area contributed by atoms with Gasteiger partial charge in [-0.1, -0.05) is 32.5 Å². The van der Waals surface area contributed by atoms with E-state index in [4.69, 9.17) is 4.74 Å². The van der Waals surface area contributed by atoms with Crippen molar-refractivity contribution in [3.05, 3.63) is 0 Å². The van der Waals surface area contributed by atoms with Crippen molar-refractivity contribution in [1.82, 2.24) is 0 Å². The van der Waals surface area contributed by atoms with Crippen LogP contribution in [0.1, 0.15) is 27.2 Å². The van der Waals surface area contributed by atoms with Crippen molar-refractivity contribution in [1.29, 1.82) is 0 Å². The summed E-state index contributed by atoms with van der Waals surface area (Å²) >= 11 is 1.38. The molecule has 0 aromatic heterocycles. The molecule has 0 bridgehead atoms. The summed E-state index contributed by atoms with van der Waals surface area (Å²) in [5.74, 6) is 0. The molecule has 0 saturated heterocycles. The lowest BCUT2D eigenvalue weighted by molar-refractivity contribution is -0.111. The molecule has 0 aromatic carbocycles. The Labute approximate surface area is 72.7 Å². The quantitative estimate of drug-likeness (QED) is 0.658. The van der Waals surface area contributed by atoms with Crippen molar-refractivity contribution in [2.75, 3.05) is 13.7 Å². The van der Waals surface area contributed by atoms with E-state index in [-0.39, 0.29) is 9.86 Å². The fourth-order valence-corrected chi connectivity index (χ4v) is 1.45. The third kappa shape index (κ3) is 7.88. The van der Waals surface area contributed by atoms with Crippen LogP contribution in [0.2, 0.25) is 0 Å². The summed E-state index contributed by atoms with van der Waals surface area (Å²) in [6, 6.07) is 0. The van der Waals surface area contributed by atoms with Gasteiger partial charge in [0.05, 0.1) is 6.61 Å². The van der Waals surface area contributed by atoms with Crippen molar-refractivity contribution in [3.8, 4) is 0 Å². The Balaban J connectivity index is 3.53. The predicted octanol–water partition coefficient (Wildman–Crippen LogP) is 2.08. The van der Waals surface area contributed by atoms with Gasteiger partial charge in [0.1, 0.15) is 0 Å². The van der Waals surface area contributed by atoms with E-state index in [1.54, 1.807) is 7.11 Å². The van der Waals surface area contributed by atoms with Gasteiger partial charge in [0.2, 0.25) is 0 Å². The second-order valence-electron chi connectivity index (χ2n) is 3.33. The monoisotopic (exact) mass is 176 g/mol. The number of ether oxygens (including phenoxy) is 1. The normalized spacial score (nSPS) is 11.6. The Bertz CT molecular complexity index is 127. The molecule has 0 N–H and O–H groups in total. The molecule has 0 aliphatic carbocycles. The zero-order valence-corrected chi connectivity index (χ0v) is 8.46. The molecule has 3 heteroatoms. The van der Waals surface area contributed by atoms with Gasteiger partial charge in [-0.05, 0) is 0 Å². The first kappa shape index (κ1) is 11.0. The van der Waals surface area contributed by atoms with Gasteiger partial charge in [-0.3, -0.25) is 4.79 Å². The summed E-state index contributed by atoms with van der Waals surface area (Å²) in [5, 5.41) is 0.208. The smallest absolute Gasteiger partial charge is 0.191 e. The first-order chi connectivity index (χ1) is 4.95. The fourth-order valence-electron chi connectivity index (χ4n) is 0.578. The molecular weight excluding hydrogens is 160 g/mol. The van der Waals surface area contributed by atoms with E-state index in [1.165, 1.54) is 11.8 Å². The van der Waals surface area contributed by atoms with E-state index >= 15 is 0 Å². The summed E-state index contributed by atoms with van der Waals surface area (Å²) < 4.78 is 4.83. The van der Waals surface area contributed by atoms with E-state index < -0.39 is 0 Å². The van der Waals surface area contributed by atoms with Crippen LogP contribution >= 0.6 is 11.8 Å². The lowest BCUT2D eigenvalue weighted by Crippen LogP contribution is -2.12. The standard InChI is InChI=1S/C8H16O2S/c1-8(2,3)11-7(9)5-6-10-4/h5-6H2,1-4H3. The summed E-state index contributed by atoms with van der Waals surface area (Å²) in [5.41, 5.74) is 0. The molecule has 0 aliphatic rings. The Kier molecular flexibility index (Phi) is 4.77. The number of hydrogen-bond acceptors (Lipinski definition) is 3. The number of methoxy groups -OCH3 is 1. The molecule has 2 nitrogen and oxygen atoms in total. The number of thioether (sulfide) groups is 1. The van der Waals surface area contributed by atoms with E-state index in [0.29, 0.717) is 13.0 Å². The third-order valence-electron chi connectivity index (χ3n) is 0.930. The molecule has 0 fully saturated rings. The average molecular weight is 176 g/mol. The SMILES string of the molecule is COCCC(=O)SC(C)(C)C. The third-order valence-corrected chi connectivity index (χ3v) is 1.97. The van der Waals surface area contributed by atoms with Crippen LogP contribution < -0.4 is 0 Å². The molecule has 0 unspecified atom stereocenters. The van der Waals surface area contributed by atoms with Gasteiger partial charge < -0.3 is 4.74 Å². The molecule has 0 heterocycles. The molecule has 11 heavy (non-hydrogen) atoms. The van der Waals surface area contributed by atoms with Gasteiger partial charge in [0.25, 0.3) is 0 Å². The Hall–Kier alpha value is -0.0200. The van der Waals surface area contributed by atoms with Crippen LogP contribution in [0.3, 0.4) is 0 Å². The van der Waals surface area contributed by atoms with Crippen molar-refractivity contribution < 1.29 is 9.53 Å². The zero-order chi connectivity index (χ0) is 8.91. The lowest BCUT2D eigenvalue weighted by Gasteiger charge is -2.15. The first-order valence-corrected chi connectivity index (χ1v) is 4.48. The minimum absolute atomic E-state index is 0.0326. The number of rotatable bonds is 3. The number of carbonyl (C=O) groups is 1. The van der Waals surface area contributed by atoms with Crippen molar-refractivity contribution in [2.45, 2.75) is 31.9 Å². The second-order valence-corrected chi connectivity index (χ2v) is 5.21. The summed E-state index contributed by atoms with van der Waals surface area (Å²) in [6.45, 7) is 6.62. The van der Waals surface area contributed by atoms with Crippen LogP contribution in [-0.2, 0) is 9.53 Å². The fraction of sp³-hybridized carbons (Fsp3) is 0.875. The van der Waals surface area contributed by atoms with Gasteiger partial charge in [-0.2, -0.15) is 0 Å². The van der Waals surface area contributed by atoms with Crippen molar-refractivity contribution in [3.63, 3.8) is 0 Å². The molecule has 0 saturated carbocycles. The highest BCUT2D eigenvalue weighted by atomic mass is 32.2. The first-order valence-electron chi connectivity index (χ1n) is 3.66. The maximum atomic E-state index is 11.1. The zero-order valence-electron chi connectivity index (χ0n) is 7.64. The highest BCUT2D eigenvalue weighted by molar-refractivity contribution is 8.14. The molecule has 0 spiro atoms. The molecule has 0 amide bonds. The van der Waals surface area contributed by atoms with Crippen molar-refractivity contribution in [2.24, 2.45) is 0 Å². The van der Waals surface area contributed by atoms with Crippen LogP contribution in [0.5, 0.6) is 0 Å². The Morgan fingerprint density at radius 3 is 2.36 bits per heavy atom. The predicted molar refractivity (Wildman–Crippen MR) is 48.8 cm³/mol. The van der Waals surface area contributed by atoms with E-state index in [0.717, 1.165) is 0 Å². The second kappa shape index (κ2) is 4.78. The van der Waals surface area contributed by atoms with Gasteiger partial charge in [0, 0.05) is 18.3 Å². The van der Waals surface area contributed by atoms with Gasteiger partial charge >= 0.3 is 0 Å². The maximum absolute atomic E-state index is 11.1. The summed E-state index contributed by atoms with van der Waals surface area (Å²) in [7, 11) is 1.61. The molecule has 0 radical (unpaired) electrons. The Morgan fingerprint density at radius 1 is 1.45 bits per heavy atom. The average Bonchev–Trinajstić information content (AvgIpc) is 1.79. The lowest BCUT2D eigenvalue weighted by atomic mass is 10.3. The highest BCUT2D eigenvalue weighted by Gasteiger charge is 2.15. The summed E-state index contributed by atoms with van der Waals surface area (Å²) in [6.07, 6.45) is 0.512. The van der Waals surface area contributed by atoms with Crippen LogP contribution in [0.4, 0.5) is 0 Å². The van der Waals surface area contributed by atoms with Crippen LogP contribution in [0, 0.1) is 0 Å². The minimum Gasteiger partial charge on any atom is -0.384 e. The van der Waals surface area contributed by atoms with E-state index in [9.17, 15) is 4.79 Å². The minimum atomic E-state index is 0.0326. The van der Waals surface area contributed by atoms with Crippen LogP contribution in [0.25, 0.3) is 0 Å². The van der Waals surface area contributed by atoms with Gasteiger partial charge in [-0.15, -0.1) is 0 Å². The largest absolute Gasteiger partial charge is 0.384 e. The number of hydrogen-bond donors (Lipinski definition) is 0. The molecule has 0 aromatic rings. The molecule has 0 rings (SSSR count). The molecule has 0 aliphatic heterocycles. The Morgan fingerprint density at radius 2 is 2.00 bits per heavy atom. The molecule has 0 atom stereocenters. The number of carbonyl (C=O) groups excluding carboxylic acids is 1. The molecular formula is C8H16O2S. The van der Waals surface area contributed by atoms with E-state index in [1.807, 2.05) is 20.8 Å². The summed E-state index contributed by atoms with van der Waals surface area (Å²) in [4.78, 5) is 11.1. The molecule has 66 valence electrons. The van der Waals surface area contributed by atoms with E-state index in [2.05, 4.69) is 0 Å². The van der Waals surface area contributed by atoms with Crippen LogP contribution in [0.15, 0.2) is 0 Å². The maximum Gasteiger partial charge on any atom is 0.191 e. The van der Waals surface area contributed by atoms with Crippen molar-refractivity contribution >= 4 is 16.9 Å². The van der Waals surface area contributed by atoms with Crippen LogP contribution in [-0.4, -0.2) is 23.6 Å². The topological polar surface area (TPSA) is 26.3 Å². The van der Waals surface area contributed by atoms with Gasteiger partial charge in [0.15, 0.2) is 5.12 Å². The van der Waals surface area contributed by atoms with Gasteiger partial charge in [-0.25, -0.2) is 0 Å². The highest BCUT2D eigenvalue weighted by Crippen LogP contribution is 2.24.